The van der Waals surface area contributed by atoms with Crippen molar-refractivity contribution in [3.8, 4) is 6.07 Å². The molecule has 4 heteroatoms. The summed E-state index contributed by atoms with van der Waals surface area (Å²) in [6.45, 7) is 1.52. The number of halogens is 1. The van der Waals surface area contributed by atoms with Crippen LogP contribution in [0.3, 0.4) is 0 Å². The van der Waals surface area contributed by atoms with Gasteiger partial charge in [-0.15, -0.1) is 0 Å². The second kappa shape index (κ2) is 5.82. The number of anilines is 1. The van der Waals surface area contributed by atoms with Crippen LogP contribution >= 0.6 is 11.6 Å². The van der Waals surface area contributed by atoms with E-state index in [1.165, 1.54) is 18.1 Å². The molecule has 110 valence electrons. The first-order valence-electron chi connectivity index (χ1n) is 7.19. The third kappa shape index (κ3) is 2.58. The van der Waals surface area contributed by atoms with Crippen LogP contribution in [0.25, 0.3) is 0 Å². The average molecular weight is 311 g/mol. The molecule has 0 amide bonds. The van der Waals surface area contributed by atoms with Crippen molar-refractivity contribution in [2.45, 2.75) is 25.8 Å². The third-order valence-corrected chi connectivity index (χ3v) is 4.44. The van der Waals surface area contributed by atoms with Crippen molar-refractivity contribution in [3.63, 3.8) is 0 Å². The molecular weight excluding hydrogens is 296 g/mol. The number of Topliss-reactive ketones (excluding diaryl/α,β-unsaturated/α-hetero) is 1. The summed E-state index contributed by atoms with van der Waals surface area (Å²) < 4.78 is 0. The highest BCUT2D eigenvalue weighted by atomic mass is 35.5. The summed E-state index contributed by atoms with van der Waals surface area (Å²) in [7, 11) is 0. The Bertz CT molecular complexity index is 792. The van der Waals surface area contributed by atoms with Crippen molar-refractivity contribution >= 4 is 23.1 Å². The summed E-state index contributed by atoms with van der Waals surface area (Å²) in [4.78, 5) is 11.5. The highest BCUT2D eigenvalue weighted by Gasteiger charge is 2.24. The zero-order valence-electron chi connectivity index (χ0n) is 12.2. The van der Waals surface area contributed by atoms with Gasteiger partial charge in [-0.25, -0.2) is 0 Å². The number of hydrogen-bond acceptors (Lipinski definition) is 3. The maximum Gasteiger partial charge on any atom is 0.159 e. The predicted molar refractivity (Wildman–Crippen MR) is 87.3 cm³/mol. The molecule has 0 spiro atoms. The topological polar surface area (TPSA) is 52.9 Å². The van der Waals surface area contributed by atoms with E-state index in [1.807, 2.05) is 12.1 Å². The van der Waals surface area contributed by atoms with Crippen LogP contribution in [-0.4, -0.2) is 5.78 Å². The molecule has 0 saturated heterocycles. The zero-order valence-corrected chi connectivity index (χ0v) is 12.9. The molecule has 1 unspecified atom stereocenters. The van der Waals surface area contributed by atoms with Crippen molar-refractivity contribution in [3.05, 3.63) is 63.7 Å². The number of hydrogen-bond donors (Lipinski definition) is 1. The molecular formula is C18H15ClN2O. The molecule has 1 aliphatic carbocycles. The lowest BCUT2D eigenvalue weighted by molar-refractivity contribution is 0.101. The number of fused-ring (bicyclic) bond motifs is 1. The Morgan fingerprint density at radius 3 is 2.91 bits per heavy atom. The van der Waals surface area contributed by atoms with Crippen LogP contribution in [0.15, 0.2) is 36.4 Å². The van der Waals surface area contributed by atoms with Crippen molar-refractivity contribution in [2.24, 2.45) is 0 Å². The molecule has 1 atom stereocenters. The first-order valence-corrected chi connectivity index (χ1v) is 7.57. The SMILES string of the molecule is CC(=O)c1ccc(C#N)c(NC2CCc3c(Cl)cccc32)c1. The standard InChI is InChI=1S/C18H15ClN2O/c1-11(22)12-5-6-13(10-20)18(9-12)21-17-8-7-14-15(17)3-2-4-16(14)19/h2-6,9,17,21H,7-8H2,1H3. The number of rotatable bonds is 3. The first kappa shape index (κ1) is 14.6. The van der Waals surface area contributed by atoms with E-state index in [9.17, 15) is 10.1 Å². The van der Waals surface area contributed by atoms with Gasteiger partial charge in [-0.05, 0) is 55.2 Å². The van der Waals surface area contributed by atoms with Crippen LogP contribution in [0.4, 0.5) is 5.69 Å². The van der Waals surface area contributed by atoms with Crippen LogP contribution in [0.1, 0.15) is 46.4 Å². The average Bonchev–Trinajstić information content (AvgIpc) is 2.92. The Morgan fingerprint density at radius 1 is 1.36 bits per heavy atom. The molecule has 0 aromatic heterocycles. The van der Waals surface area contributed by atoms with E-state index in [0.29, 0.717) is 16.8 Å². The molecule has 3 nitrogen and oxygen atoms in total. The summed E-state index contributed by atoms with van der Waals surface area (Å²) >= 11 is 6.24. The van der Waals surface area contributed by atoms with E-state index < -0.39 is 0 Å². The van der Waals surface area contributed by atoms with Crippen LogP contribution in [0, 0.1) is 11.3 Å². The van der Waals surface area contributed by atoms with Gasteiger partial charge >= 0.3 is 0 Å². The quantitative estimate of drug-likeness (QED) is 0.848. The van der Waals surface area contributed by atoms with Gasteiger partial charge in [-0.3, -0.25) is 4.79 Å². The molecule has 0 fully saturated rings. The van der Waals surface area contributed by atoms with Crippen LogP contribution in [-0.2, 0) is 6.42 Å². The smallest absolute Gasteiger partial charge is 0.159 e. The minimum absolute atomic E-state index is 0.0117. The monoisotopic (exact) mass is 310 g/mol. The molecule has 0 aliphatic heterocycles. The molecule has 22 heavy (non-hydrogen) atoms. The second-order valence-corrected chi connectivity index (χ2v) is 5.88. The number of benzene rings is 2. The van der Waals surface area contributed by atoms with E-state index >= 15 is 0 Å². The van der Waals surface area contributed by atoms with Crippen LogP contribution < -0.4 is 5.32 Å². The van der Waals surface area contributed by atoms with Crippen molar-refractivity contribution in [1.82, 2.24) is 0 Å². The van der Waals surface area contributed by atoms with Gasteiger partial charge in [0.05, 0.1) is 17.3 Å². The van der Waals surface area contributed by atoms with E-state index in [0.717, 1.165) is 17.9 Å². The molecule has 1 aliphatic rings. The summed E-state index contributed by atoms with van der Waals surface area (Å²) in [5.41, 5.74) is 4.19. The number of nitrogens with one attached hydrogen (secondary N) is 1. The largest absolute Gasteiger partial charge is 0.377 e. The van der Waals surface area contributed by atoms with Gasteiger partial charge in [-0.2, -0.15) is 5.26 Å². The Morgan fingerprint density at radius 2 is 2.18 bits per heavy atom. The lowest BCUT2D eigenvalue weighted by Gasteiger charge is -2.17. The minimum atomic E-state index is -0.0117. The van der Waals surface area contributed by atoms with Gasteiger partial charge in [0, 0.05) is 10.6 Å². The van der Waals surface area contributed by atoms with Gasteiger partial charge in [-0.1, -0.05) is 23.7 Å². The lowest BCUT2D eigenvalue weighted by atomic mass is 10.0. The summed E-state index contributed by atoms with van der Waals surface area (Å²) in [5, 5.41) is 13.5. The van der Waals surface area contributed by atoms with E-state index in [4.69, 9.17) is 11.6 Å². The molecule has 0 heterocycles. The van der Waals surface area contributed by atoms with E-state index in [1.54, 1.807) is 18.2 Å². The number of carbonyl (C=O) groups excluding carboxylic acids is 1. The third-order valence-electron chi connectivity index (χ3n) is 4.09. The molecule has 0 saturated carbocycles. The van der Waals surface area contributed by atoms with Gasteiger partial charge < -0.3 is 5.32 Å². The fraction of sp³-hybridized carbons (Fsp3) is 0.222. The Kier molecular flexibility index (Phi) is 3.87. The van der Waals surface area contributed by atoms with Crippen LogP contribution in [0.2, 0.25) is 5.02 Å². The number of ketones is 1. The Hall–Kier alpha value is -2.31. The maximum absolute atomic E-state index is 11.5. The first-order chi connectivity index (χ1) is 10.6. The Balaban J connectivity index is 1.95. The highest BCUT2D eigenvalue weighted by Crippen LogP contribution is 2.38. The molecule has 2 aromatic rings. The normalized spacial score (nSPS) is 16.0. The number of nitriles is 1. The molecule has 1 N–H and O–H groups in total. The van der Waals surface area contributed by atoms with Gasteiger partial charge in [0.25, 0.3) is 0 Å². The maximum atomic E-state index is 11.5. The van der Waals surface area contributed by atoms with Gasteiger partial charge in [0.2, 0.25) is 0 Å². The fourth-order valence-corrected chi connectivity index (χ4v) is 3.20. The fourth-order valence-electron chi connectivity index (χ4n) is 2.93. The van der Waals surface area contributed by atoms with E-state index in [2.05, 4.69) is 17.5 Å². The molecule has 3 rings (SSSR count). The summed E-state index contributed by atoms with van der Waals surface area (Å²) in [5.74, 6) is -0.0117. The predicted octanol–water partition coefficient (Wildman–Crippen LogP) is 4.51. The van der Waals surface area contributed by atoms with Crippen molar-refractivity contribution < 1.29 is 4.79 Å². The minimum Gasteiger partial charge on any atom is -0.377 e. The summed E-state index contributed by atoms with van der Waals surface area (Å²) in [6, 6.07) is 13.3. The molecule has 0 bridgehead atoms. The van der Waals surface area contributed by atoms with Gasteiger partial charge in [0.15, 0.2) is 5.78 Å². The number of nitrogens with zero attached hydrogens (tertiary/aromatic N) is 1. The number of carbonyl (C=O) groups is 1. The second-order valence-electron chi connectivity index (χ2n) is 5.47. The van der Waals surface area contributed by atoms with Crippen molar-refractivity contribution in [2.75, 3.05) is 5.32 Å². The van der Waals surface area contributed by atoms with Gasteiger partial charge in [0.1, 0.15) is 6.07 Å². The lowest BCUT2D eigenvalue weighted by Crippen LogP contribution is -2.09. The Labute approximate surface area is 134 Å². The van der Waals surface area contributed by atoms with Crippen LogP contribution in [0.5, 0.6) is 0 Å². The highest BCUT2D eigenvalue weighted by molar-refractivity contribution is 6.31. The molecule has 0 radical (unpaired) electrons. The summed E-state index contributed by atoms with van der Waals surface area (Å²) in [6.07, 6.45) is 1.84. The van der Waals surface area contributed by atoms with E-state index in [-0.39, 0.29) is 11.8 Å². The zero-order chi connectivity index (χ0) is 15.7. The molecule has 2 aromatic carbocycles. The van der Waals surface area contributed by atoms with Crippen molar-refractivity contribution in [1.29, 1.82) is 5.26 Å².